The molecule has 1 saturated heterocycles. The summed E-state index contributed by atoms with van der Waals surface area (Å²) in [5.41, 5.74) is 0. The number of nitrogens with zero attached hydrogens (tertiary/aromatic N) is 2. The fourth-order valence-electron chi connectivity index (χ4n) is 2.29. The highest BCUT2D eigenvalue weighted by molar-refractivity contribution is 5.79. The fourth-order valence-corrected chi connectivity index (χ4v) is 2.29. The summed E-state index contributed by atoms with van der Waals surface area (Å²) >= 11 is 0. The topological polar surface area (TPSA) is 23.6 Å². The molecule has 2 unspecified atom stereocenters. The van der Waals surface area contributed by atoms with Crippen molar-refractivity contribution in [2.45, 2.75) is 45.2 Å². The number of piperidine rings is 1. The molecule has 0 aromatic heterocycles. The van der Waals surface area contributed by atoms with Crippen LogP contribution in [0.5, 0.6) is 0 Å². The number of hydrogen-bond donors (Lipinski definition) is 0. The Morgan fingerprint density at radius 2 is 2.20 bits per heavy atom. The van der Waals surface area contributed by atoms with Gasteiger partial charge in [-0.25, -0.2) is 0 Å². The predicted molar refractivity (Wildman–Crippen MR) is 63.0 cm³/mol. The van der Waals surface area contributed by atoms with E-state index in [0.29, 0.717) is 17.9 Å². The second-order valence-electron chi connectivity index (χ2n) is 5.02. The van der Waals surface area contributed by atoms with Gasteiger partial charge >= 0.3 is 0 Å². The highest BCUT2D eigenvalue weighted by Crippen LogP contribution is 2.18. The smallest absolute Gasteiger partial charge is 0.135 e. The number of carbonyl (C=O) groups is 1. The maximum atomic E-state index is 11.3. The SMILES string of the molecule is CC(CCN(C)C)N1CCC(=O)CC1C. The molecule has 0 aromatic carbocycles. The van der Waals surface area contributed by atoms with E-state index >= 15 is 0 Å². The second-order valence-corrected chi connectivity index (χ2v) is 5.02. The zero-order valence-electron chi connectivity index (χ0n) is 10.5. The van der Waals surface area contributed by atoms with Crippen LogP contribution in [0.1, 0.15) is 33.1 Å². The van der Waals surface area contributed by atoms with Crippen molar-refractivity contribution >= 4 is 5.78 Å². The quantitative estimate of drug-likeness (QED) is 0.703. The van der Waals surface area contributed by atoms with E-state index < -0.39 is 0 Å². The second kappa shape index (κ2) is 5.61. The molecule has 3 heteroatoms. The van der Waals surface area contributed by atoms with Gasteiger partial charge in [0.05, 0.1) is 0 Å². The maximum absolute atomic E-state index is 11.3. The van der Waals surface area contributed by atoms with Gasteiger partial charge in [-0.15, -0.1) is 0 Å². The lowest BCUT2D eigenvalue weighted by Crippen LogP contribution is -2.46. The van der Waals surface area contributed by atoms with Crippen LogP contribution in [0.15, 0.2) is 0 Å². The first-order valence-electron chi connectivity index (χ1n) is 5.93. The first-order chi connectivity index (χ1) is 7.00. The van der Waals surface area contributed by atoms with Crippen LogP contribution < -0.4 is 0 Å². The van der Waals surface area contributed by atoms with Crippen LogP contribution in [0, 0.1) is 0 Å². The van der Waals surface area contributed by atoms with Gasteiger partial charge in [-0.3, -0.25) is 9.69 Å². The minimum atomic E-state index is 0.429. The van der Waals surface area contributed by atoms with Crippen LogP contribution in [0.3, 0.4) is 0 Å². The van der Waals surface area contributed by atoms with Crippen molar-refractivity contribution in [2.75, 3.05) is 27.2 Å². The van der Waals surface area contributed by atoms with Crippen molar-refractivity contribution in [3.05, 3.63) is 0 Å². The van der Waals surface area contributed by atoms with Crippen molar-refractivity contribution in [3.63, 3.8) is 0 Å². The minimum absolute atomic E-state index is 0.429. The third-order valence-corrected chi connectivity index (χ3v) is 3.30. The third-order valence-electron chi connectivity index (χ3n) is 3.30. The van der Waals surface area contributed by atoms with E-state index in [2.05, 4.69) is 37.7 Å². The Morgan fingerprint density at radius 1 is 1.53 bits per heavy atom. The standard InChI is InChI=1S/C12H24N2O/c1-10(5-7-13(3)4)14-8-6-12(15)9-11(14)2/h10-11H,5-9H2,1-4H3. The lowest BCUT2D eigenvalue weighted by Gasteiger charge is -2.37. The summed E-state index contributed by atoms with van der Waals surface area (Å²) in [5, 5.41) is 0. The van der Waals surface area contributed by atoms with E-state index in [4.69, 9.17) is 0 Å². The summed E-state index contributed by atoms with van der Waals surface area (Å²) in [6, 6.07) is 1.03. The van der Waals surface area contributed by atoms with Crippen LogP contribution in [-0.4, -0.2) is 54.9 Å². The molecule has 0 bridgehead atoms. The molecule has 88 valence electrons. The lowest BCUT2D eigenvalue weighted by molar-refractivity contribution is -0.123. The van der Waals surface area contributed by atoms with Gasteiger partial charge in [-0.2, -0.15) is 0 Å². The van der Waals surface area contributed by atoms with Gasteiger partial charge in [0.15, 0.2) is 0 Å². The summed E-state index contributed by atoms with van der Waals surface area (Å²) in [5.74, 6) is 0.429. The fraction of sp³-hybridized carbons (Fsp3) is 0.917. The van der Waals surface area contributed by atoms with Crippen LogP contribution in [0.2, 0.25) is 0 Å². The van der Waals surface area contributed by atoms with E-state index in [9.17, 15) is 4.79 Å². The molecule has 0 aromatic rings. The molecule has 1 rings (SSSR count). The Bertz CT molecular complexity index is 216. The normalized spacial score (nSPS) is 25.9. The molecular weight excluding hydrogens is 188 g/mol. The Morgan fingerprint density at radius 3 is 2.73 bits per heavy atom. The van der Waals surface area contributed by atoms with Crippen molar-refractivity contribution in [1.82, 2.24) is 9.80 Å². The minimum Gasteiger partial charge on any atom is -0.309 e. The van der Waals surface area contributed by atoms with Crippen LogP contribution in [0.25, 0.3) is 0 Å². The molecule has 0 N–H and O–H groups in total. The van der Waals surface area contributed by atoms with Crippen molar-refractivity contribution in [1.29, 1.82) is 0 Å². The van der Waals surface area contributed by atoms with Crippen molar-refractivity contribution in [3.8, 4) is 0 Å². The van der Waals surface area contributed by atoms with E-state index in [1.165, 1.54) is 6.42 Å². The molecule has 15 heavy (non-hydrogen) atoms. The van der Waals surface area contributed by atoms with Gasteiger partial charge < -0.3 is 4.90 Å². The van der Waals surface area contributed by atoms with E-state index in [0.717, 1.165) is 25.9 Å². The number of hydrogen-bond acceptors (Lipinski definition) is 3. The zero-order valence-corrected chi connectivity index (χ0v) is 10.5. The number of rotatable bonds is 4. The van der Waals surface area contributed by atoms with Crippen LogP contribution in [-0.2, 0) is 4.79 Å². The zero-order chi connectivity index (χ0) is 11.4. The largest absolute Gasteiger partial charge is 0.309 e. The van der Waals surface area contributed by atoms with Gasteiger partial charge in [-0.05, 0) is 40.9 Å². The molecule has 0 saturated carbocycles. The molecule has 1 fully saturated rings. The summed E-state index contributed by atoms with van der Waals surface area (Å²) in [6.45, 7) is 6.52. The lowest BCUT2D eigenvalue weighted by atomic mass is 9.99. The first kappa shape index (κ1) is 12.7. The molecule has 0 aliphatic carbocycles. The Labute approximate surface area is 93.4 Å². The average Bonchev–Trinajstić information content (AvgIpc) is 2.14. The average molecular weight is 212 g/mol. The number of likely N-dealkylation sites (tertiary alicyclic amines) is 1. The molecule has 1 aliphatic rings. The monoisotopic (exact) mass is 212 g/mol. The van der Waals surface area contributed by atoms with Crippen LogP contribution in [0.4, 0.5) is 0 Å². The predicted octanol–water partition coefficient (Wildman–Crippen LogP) is 1.38. The molecule has 0 spiro atoms. The number of Topliss-reactive ketones (excluding diaryl/α,β-unsaturated/α-hetero) is 1. The molecular formula is C12H24N2O. The van der Waals surface area contributed by atoms with Gasteiger partial charge in [0, 0.05) is 31.5 Å². The molecule has 3 nitrogen and oxygen atoms in total. The highest BCUT2D eigenvalue weighted by atomic mass is 16.1. The first-order valence-corrected chi connectivity index (χ1v) is 5.93. The maximum Gasteiger partial charge on any atom is 0.135 e. The summed E-state index contributed by atoms with van der Waals surface area (Å²) in [4.78, 5) is 16.0. The van der Waals surface area contributed by atoms with Crippen LogP contribution >= 0.6 is 0 Å². The van der Waals surface area contributed by atoms with Gasteiger partial charge in [-0.1, -0.05) is 0 Å². The molecule has 2 atom stereocenters. The van der Waals surface area contributed by atoms with Gasteiger partial charge in [0.1, 0.15) is 5.78 Å². The number of ketones is 1. The third kappa shape index (κ3) is 3.92. The van der Waals surface area contributed by atoms with Crippen molar-refractivity contribution < 1.29 is 4.79 Å². The van der Waals surface area contributed by atoms with Gasteiger partial charge in [0.2, 0.25) is 0 Å². The number of carbonyl (C=O) groups excluding carboxylic acids is 1. The summed E-state index contributed by atoms with van der Waals surface area (Å²) in [6.07, 6.45) is 2.68. The Balaban J connectivity index is 2.38. The van der Waals surface area contributed by atoms with Crippen molar-refractivity contribution in [2.24, 2.45) is 0 Å². The summed E-state index contributed by atoms with van der Waals surface area (Å²) < 4.78 is 0. The molecule has 0 radical (unpaired) electrons. The molecule has 1 heterocycles. The summed E-state index contributed by atoms with van der Waals surface area (Å²) in [7, 11) is 4.21. The Hall–Kier alpha value is -0.410. The van der Waals surface area contributed by atoms with E-state index in [-0.39, 0.29) is 0 Å². The Kier molecular flexibility index (Phi) is 4.74. The highest BCUT2D eigenvalue weighted by Gasteiger charge is 2.26. The van der Waals surface area contributed by atoms with E-state index in [1.54, 1.807) is 0 Å². The van der Waals surface area contributed by atoms with Gasteiger partial charge in [0.25, 0.3) is 0 Å². The van der Waals surface area contributed by atoms with E-state index in [1.807, 2.05) is 0 Å². The molecule has 0 amide bonds. The molecule has 1 aliphatic heterocycles.